The molecular formula is C27H32N6O. The van der Waals surface area contributed by atoms with Gasteiger partial charge in [0.1, 0.15) is 5.82 Å². The van der Waals surface area contributed by atoms with Crippen LogP contribution >= 0.6 is 0 Å². The molecule has 34 heavy (non-hydrogen) atoms. The van der Waals surface area contributed by atoms with Crippen LogP contribution in [-0.4, -0.2) is 56.1 Å². The normalized spacial score (nSPS) is 17.6. The second-order valence-corrected chi connectivity index (χ2v) is 9.50. The van der Waals surface area contributed by atoms with E-state index >= 15 is 0 Å². The number of anilines is 1. The van der Waals surface area contributed by atoms with Crippen LogP contribution in [0, 0.1) is 0 Å². The average Bonchev–Trinajstić information content (AvgIpc) is 3.30. The lowest BCUT2D eigenvalue weighted by atomic mass is 9.94. The third-order valence-electron chi connectivity index (χ3n) is 6.87. The van der Waals surface area contributed by atoms with Crippen molar-refractivity contribution in [2.24, 2.45) is 0 Å². The van der Waals surface area contributed by atoms with Gasteiger partial charge in [-0.25, -0.2) is 9.38 Å². The van der Waals surface area contributed by atoms with E-state index in [0.717, 1.165) is 46.9 Å². The number of carbonyl (C=O) groups excluding carboxylic acids is 1. The third kappa shape index (κ3) is 3.79. The van der Waals surface area contributed by atoms with Gasteiger partial charge in [0.15, 0.2) is 5.65 Å². The van der Waals surface area contributed by atoms with Crippen LogP contribution in [0.4, 0.5) is 5.95 Å². The number of aromatic nitrogens is 4. The smallest absolute Gasteiger partial charge is 0.230 e. The molecule has 7 heteroatoms. The molecule has 5 rings (SSSR count). The second-order valence-electron chi connectivity index (χ2n) is 9.50. The van der Waals surface area contributed by atoms with Gasteiger partial charge in [0, 0.05) is 37.0 Å². The van der Waals surface area contributed by atoms with Crippen molar-refractivity contribution in [2.45, 2.75) is 52.0 Å². The lowest BCUT2D eigenvalue weighted by Gasteiger charge is -2.41. The van der Waals surface area contributed by atoms with Gasteiger partial charge in [0.25, 0.3) is 0 Å². The van der Waals surface area contributed by atoms with E-state index in [1.165, 1.54) is 0 Å². The number of rotatable bonds is 5. The maximum atomic E-state index is 13.5. The monoisotopic (exact) mass is 456 g/mol. The van der Waals surface area contributed by atoms with Gasteiger partial charge in [-0.3, -0.25) is 4.79 Å². The number of benzene rings is 2. The Bertz CT molecular complexity index is 1310. The number of hydrogen-bond acceptors (Lipinski definition) is 5. The minimum Gasteiger partial charge on any atom is -0.338 e. The van der Waals surface area contributed by atoms with Gasteiger partial charge in [-0.15, -0.1) is 10.2 Å². The van der Waals surface area contributed by atoms with Gasteiger partial charge in [-0.1, -0.05) is 63.2 Å². The largest absolute Gasteiger partial charge is 0.338 e. The Kier molecular flexibility index (Phi) is 5.94. The Hall–Kier alpha value is -3.48. The summed E-state index contributed by atoms with van der Waals surface area (Å²) in [7, 11) is 0. The highest BCUT2D eigenvalue weighted by molar-refractivity contribution is 5.92. The van der Waals surface area contributed by atoms with E-state index < -0.39 is 0 Å². The average molecular weight is 457 g/mol. The number of nitrogens with zero attached hydrogens (tertiary/aromatic N) is 6. The summed E-state index contributed by atoms with van der Waals surface area (Å²) in [6.45, 7) is 10.6. The lowest BCUT2D eigenvalue weighted by Crippen LogP contribution is -2.55. The molecule has 0 radical (unpaired) electrons. The molecule has 2 atom stereocenters. The predicted octanol–water partition coefficient (Wildman–Crippen LogP) is 4.63. The van der Waals surface area contributed by atoms with Gasteiger partial charge < -0.3 is 9.80 Å². The van der Waals surface area contributed by atoms with E-state index in [9.17, 15) is 4.79 Å². The van der Waals surface area contributed by atoms with Crippen molar-refractivity contribution in [1.82, 2.24) is 24.5 Å². The first kappa shape index (κ1) is 22.3. The second kappa shape index (κ2) is 9.05. The first-order valence-corrected chi connectivity index (χ1v) is 12.2. The van der Waals surface area contributed by atoms with E-state index in [-0.39, 0.29) is 23.8 Å². The molecule has 3 heterocycles. The minimum absolute atomic E-state index is 0.0707. The summed E-state index contributed by atoms with van der Waals surface area (Å²) in [5.41, 5.74) is 2.84. The van der Waals surface area contributed by atoms with Crippen molar-refractivity contribution in [3.8, 4) is 0 Å². The molecular weight excluding hydrogens is 424 g/mol. The number of carbonyl (C=O) groups is 1. The molecule has 1 fully saturated rings. The summed E-state index contributed by atoms with van der Waals surface area (Å²) in [6, 6.07) is 18.3. The Morgan fingerprint density at radius 1 is 1.03 bits per heavy atom. The molecule has 7 nitrogen and oxygen atoms in total. The van der Waals surface area contributed by atoms with Crippen LogP contribution in [0.2, 0.25) is 0 Å². The SMILES string of the molecule is CC[C@@H](C(=O)N1CCN(c2nc3ccccc3c3nnc(C(C)C)n23)C[C@H]1C)c1ccccc1. The zero-order valence-corrected chi connectivity index (χ0v) is 20.3. The standard InChI is InChI=1S/C27H32N6O/c1-5-21(20-11-7-6-8-12-20)26(34)32-16-15-31(17-19(32)4)27-28-23-14-10-9-13-22(23)25-30-29-24(18(2)3)33(25)27/h6-14,18-19,21H,5,15-17H2,1-4H3/t19-,21-/m1/s1. The molecule has 1 amide bonds. The molecule has 1 aliphatic rings. The van der Waals surface area contributed by atoms with E-state index in [1.807, 2.05) is 47.4 Å². The van der Waals surface area contributed by atoms with E-state index in [4.69, 9.17) is 4.98 Å². The number of amides is 1. The molecule has 0 saturated carbocycles. The van der Waals surface area contributed by atoms with Crippen LogP contribution in [0.3, 0.4) is 0 Å². The molecule has 1 aliphatic heterocycles. The Labute approximate surface area is 200 Å². The number of para-hydroxylation sites is 1. The molecule has 0 spiro atoms. The van der Waals surface area contributed by atoms with Crippen LogP contribution in [0.25, 0.3) is 16.6 Å². The van der Waals surface area contributed by atoms with E-state index in [1.54, 1.807) is 0 Å². The lowest BCUT2D eigenvalue weighted by molar-refractivity contribution is -0.135. The molecule has 2 aromatic heterocycles. The van der Waals surface area contributed by atoms with Crippen molar-refractivity contribution < 1.29 is 4.79 Å². The van der Waals surface area contributed by atoms with Crippen molar-refractivity contribution in [1.29, 1.82) is 0 Å². The van der Waals surface area contributed by atoms with E-state index in [2.05, 4.69) is 59.3 Å². The van der Waals surface area contributed by atoms with Crippen LogP contribution in [0.5, 0.6) is 0 Å². The minimum atomic E-state index is -0.105. The van der Waals surface area contributed by atoms with E-state index in [0.29, 0.717) is 13.1 Å². The van der Waals surface area contributed by atoms with Crippen LogP contribution in [-0.2, 0) is 4.79 Å². The molecule has 1 saturated heterocycles. The fourth-order valence-electron chi connectivity index (χ4n) is 5.08. The molecule has 0 N–H and O–H groups in total. The maximum Gasteiger partial charge on any atom is 0.230 e. The molecule has 0 bridgehead atoms. The zero-order chi connectivity index (χ0) is 23.8. The molecule has 0 unspecified atom stereocenters. The first-order valence-electron chi connectivity index (χ1n) is 12.2. The molecule has 4 aromatic rings. The fraction of sp³-hybridized carbons (Fsp3) is 0.407. The van der Waals surface area contributed by atoms with Crippen molar-refractivity contribution in [3.63, 3.8) is 0 Å². The Balaban J connectivity index is 1.47. The van der Waals surface area contributed by atoms with Crippen LogP contribution in [0.1, 0.15) is 57.3 Å². The number of fused-ring (bicyclic) bond motifs is 3. The Morgan fingerprint density at radius 3 is 2.47 bits per heavy atom. The topological polar surface area (TPSA) is 66.6 Å². The van der Waals surface area contributed by atoms with Crippen LogP contribution < -0.4 is 4.90 Å². The summed E-state index contributed by atoms with van der Waals surface area (Å²) in [6.07, 6.45) is 0.793. The van der Waals surface area contributed by atoms with Crippen molar-refractivity contribution in [3.05, 3.63) is 66.0 Å². The Morgan fingerprint density at radius 2 is 1.76 bits per heavy atom. The van der Waals surface area contributed by atoms with Gasteiger partial charge in [0.05, 0.1) is 11.4 Å². The van der Waals surface area contributed by atoms with Gasteiger partial charge in [-0.2, -0.15) is 0 Å². The zero-order valence-electron chi connectivity index (χ0n) is 20.3. The summed E-state index contributed by atoms with van der Waals surface area (Å²) < 4.78 is 2.11. The summed E-state index contributed by atoms with van der Waals surface area (Å²) in [4.78, 5) is 22.9. The number of hydrogen-bond donors (Lipinski definition) is 0. The highest BCUT2D eigenvalue weighted by atomic mass is 16.2. The third-order valence-corrected chi connectivity index (χ3v) is 6.87. The number of piperazine rings is 1. The highest BCUT2D eigenvalue weighted by Gasteiger charge is 2.33. The summed E-state index contributed by atoms with van der Waals surface area (Å²) in [5.74, 6) is 2.09. The summed E-state index contributed by atoms with van der Waals surface area (Å²) in [5, 5.41) is 10.0. The van der Waals surface area contributed by atoms with Gasteiger partial charge in [0.2, 0.25) is 11.9 Å². The fourth-order valence-corrected chi connectivity index (χ4v) is 5.08. The van der Waals surface area contributed by atoms with Gasteiger partial charge >= 0.3 is 0 Å². The van der Waals surface area contributed by atoms with Crippen molar-refractivity contribution in [2.75, 3.05) is 24.5 Å². The molecule has 2 aromatic carbocycles. The quantitative estimate of drug-likeness (QED) is 0.438. The predicted molar refractivity (Wildman–Crippen MR) is 135 cm³/mol. The van der Waals surface area contributed by atoms with Gasteiger partial charge in [-0.05, 0) is 31.0 Å². The van der Waals surface area contributed by atoms with Crippen molar-refractivity contribution >= 4 is 28.4 Å². The maximum absolute atomic E-state index is 13.5. The first-order chi connectivity index (χ1) is 16.5. The molecule has 0 aliphatic carbocycles. The molecule has 176 valence electrons. The summed E-state index contributed by atoms with van der Waals surface area (Å²) >= 11 is 0. The highest BCUT2D eigenvalue weighted by Crippen LogP contribution is 2.29. The van der Waals surface area contributed by atoms with Crippen LogP contribution in [0.15, 0.2) is 54.6 Å².